The molecule has 2 aliphatic rings. The predicted molar refractivity (Wildman–Crippen MR) is 129 cm³/mol. The zero-order chi connectivity index (χ0) is 21.6. The van der Waals surface area contributed by atoms with Gasteiger partial charge < -0.3 is 14.2 Å². The van der Waals surface area contributed by atoms with Gasteiger partial charge >= 0.3 is 7.12 Å². The molecule has 0 bridgehead atoms. The molecule has 1 saturated heterocycles. The SMILES string of the molecule is CC1(C)OB(c2ccc(N(c3ccccc3)c3ccc(C4CC4)cc3)cc2)OC1(C)C. The highest BCUT2D eigenvalue weighted by atomic mass is 16.7. The maximum absolute atomic E-state index is 6.23. The van der Waals surface area contributed by atoms with Crippen molar-refractivity contribution < 1.29 is 9.31 Å². The smallest absolute Gasteiger partial charge is 0.399 e. The van der Waals surface area contributed by atoms with Crippen molar-refractivity contribution in [2.75, 3.05) is 4.90 Å². The third-order valence-electron chi connectivity index (χ3n) is 6.89. The molecule has 0 N–H and O–H groups in total. The molecule has 0 spiro atoms. The average molecular weight is 411 g/mol. The van der Waals surface area contributed by atoms with Crippen molar-refractivity contribution in [1.82, 2.24) is 0 Å². The van der Waals surface area contributed by atoms with Crippen LogP contribution in [0.5, 0.6) is 0 Å². The molecule has 0 aromatic heterocycles. The largest absolute Gasteiger partial charge is 0.494 e. The zero-order valence-corrected chi connectivity index (χ0v) is 18.8. The van der Waals surface area contributed by atoms with Crippen LogP contribution in [-0.2, 0) is 9.31 Å². The predicted octanol–water partition coefficient (Wildman–Crippen LogP) is 6.33. The van der Waals surface area contributed by atoms with E-state index in [9.17, 15) is 0 Å². The lowest BCUT2D eigenvalue weighted by atomic mass is 9.79. The van der Waals surface area contributed by atoms with E-state index in [1.54, 1.807) is 0 Å². The Morgan fingerprint density at radius 1 is 0.677 bits per heavy atom. The number of rotatable bonds is 5. The number of hydrogen-bond acceptors (Lipinski definition) is 3. The summed E-state index contributed by atoms with van der Waals surface area (Å²) < 4.78 is 12.5. The highest BCUT2D eigenvalue weighted by Gasteiger charge is 2.51. The molecule has 0 unspecified atom stereocenters. The van der Waals surface area contributed by atoms with Crippen molar-refractivity contribution in [1.29, 1.82) is 0 Å². The van der Waals surface area contributed by atoms with Gasteiger partial charge in [0.2, 0.25) is 0 Å². The molecule has 4 heteroatoms. The minimum Gasteiger partial charge on any atom is -0.399 e. The van der Waals surface area contributed by atoms with Gasteiger partial charge in [0, 0.05) is 17.1 Å². The van der Waals surface area contributed by atoms with E-state index in [-0.39, 0.29) is 18.3 Å². The van der Waals surface area contributed by atoms with Gasteiger partial charge in [-0.3, -0.25) is 0 Å². The van der Waals surface area contributed by atoms with E-state index in [4.69, 9.17) is 9.31 Å². The fraction of sp³-hybridized carbons (Fsp3) is 0.333. The molecule has 158 valence electrons. The van der Waals surface area contributed by atoms with Gasteiger partial charge in [-0.05, 0) is 93.9 Å². The molecule has 31 heavy (non-hydrogen) atoms. The van der Waals surface area contributed by atoms with E-state index in [2.05, 4.69) is 111 Å². The first-order valence-corrected chi connectivity index (χ1v) is 11.2. The fourth-order valence-electron chi connectivity index (χ4n) is 4.10. The molecule has 1 aliphatic carbocycles. The van der Waals surface area contributed by atoms with Gasteiger partial charge in [-0.15, -0.1) is 0 Å². The molecule has 0 amide bonds. The minimum absolute atomic E-state index is 0.338. The van der Waals surface area contributed by atoms with Crippen molar-refractivity contribution in [3.8, 4) is 0 Å². The van der Waals surface area contributed by atoms with Crippen LogP contribution in [0.3, 0.4) is 0 Å². The maximum atomic E-state index is 6.23. The lowest BCUT2D eigenvalue weighted by molar-refractivity contribution is 0.00578. The van der Waals surface area contributed by atoms with Crippen LogP contribution < -0.4 is 10.4 Å². The average Bonchev–Trinajstić information content (AvgIpc) is 3.57. The van der Waals surface area contributed by atoms with Crippen molar-refractivity contribution >= 4 is 29.6 Å². The van der Waals surface area contributed by atoms with E-state index >= 15 is 0 Å². The van der Waals surface area contributed by atoms with E-state index in [1.807, 2.05) is 0 Å². The van der Waals surface area contributed by atoms with Crippen molar-refractivity contribution in [2.24, 2.45) is 0 Å². The summed E-state index contributed by atoms with van der Waals surface area (Å²) in [4.78, 5) is 2.30. The number of nitrogens with zero attached hydrogens (tertiary/aromatic N) is 1. The molecule has 3 aromatic rings. The molecule has 3 nitrogen and oxygen atoms in total. The number of anilines is 3. The minimum atomic E-state index is -0.345. The van der Waals surface area contributed by atoms with Crippen LogP contribution in [0.2, 0.25) is 0 Å². The second-order valence-corrected chi connectivity index (χ2v) is 9.72. The first kappa shape index (κ1) is 20.4. The van der Waals surface area contributed by atoms with Gasteiger partial charge in [0.25, 0.3) is 0 Å². The van der Waals surface area contributed by atoms with Crippen LogP contribution in [0.15, 0.2) is 78.9 Å². The quantitative estimate of drug-likeness (QED) is 0.458. The molecular weight excluding hydrogens is 381 g/mol. The Balaban J connectivity index is 1.46. The van der Waals surface area contributed by atoms with Gasteiger partial charge in [0.1, 0.15) is 0 Å². The second-order valence-electron chi connectivity index (χ2n) is 9.72. The normalized spacial score (nSPS) is 19.4. The van der Waals surface area contributed by atoms with Crippen LogP contribution in [0.25, 0.3) is 0 Å². The lowest BCUT2D eigenvalue weighted by Gasteiger charge is -2.32. The van der Waals surface area contributed by atoms with E-state index in [0.717, 1.165) is 22.8 Å². The van der Waals surface area contributed by atoms with Gasteiger partial charge in [-0.2, -0.15) is 0 Å². The van der Waals surface area contributed by atoms with Gasteiger partial charge in [0.05, 0.1) is 11.2 Å². The Kier molecular flexibility index (Phi) is 4.95. The third-order valence-corrected chi connectivity index (χ3v) is 6.89. The summed E-state index contributed by atoms with van der Waals surface area (Å²) >= 11 is 0. The van der Waals surface area contributed by atoms with Gasteiger partial charge in [0.15, 0.2) is 0 Å². The zero-order valence-electron chi connectivity index (χ0n) is 18.8. The molecule has 3 aromatic carbocycles. The Bertz CT molecular complexity index is 1020. The number of para-hydroxylation sites is 1. The van der Waals surface area contributed by atoms with Crippen LogP contribution in [-0.4, -0.2) is 18.3 Å². The van der Waals surface area contributed by atoms with Gasteiger partial charge in [-0.1, -0.05) is 42.5 Å². The summed E-state index contributed by atoms with van der Waals surface area (Å²) in [6.45, 7) is 8.35. The molecule has 2 fully saturated rings. The number of benzene rings is 3. The standard InChI is InChI=1S/C27H30BNO2/c1-26(2)27(3,4)31-28(30-26)22-14-18-25(19-15-22)29(23-8-6-5-7-9-23)24-16-12-21(13-17-24)20-10-11-20/h5-9,12-20H,10-11H2,1-4H3. The highest BCUT2D eigenvalue weighted by Crippen LogP contribution is 2.42. The Morgan fingerprint density at radius 2 is 1.16 bits per heavy atom. The molecule has 0 radical (unpaired) electrons. The summed E-state index contributed by atoms with van der Waals surface area (Å²) in [7, 11) is -0.345. The molecule has 1 heterocycles. The monoisotopic (exact) mass is 411 g/mol. The van der Waals surface area contributed by atoms with Crippen LogP contribution in [0.1, 0.15) is 52.0 Å². The highest BCUT2D eigenvalue weighted by molar-refractivity contribution is 6.62. The summed E-state index contributed by atoms with van der Waals surface area (Å²) in [5, 5.41) is 0. The fourth-order valence-corrected chi connectivity index (χ4v) is 4.10. The van der Waals surface area contributed by atoms with E-state index in [1.165, 1.54) is 24.1 Å². The second kappa shape index (κ2) is 7.54. The van der Waals surface area contributed by atoms with E-state index < -0.39 is 0 Å². The van der Waals surface area contributed by atoms with Crippen LogP contribution in [0.4, 0.5) is 17.1 Å². The van der Waals surface area contributed by atoms with Crippen molar-refractivity contribution in [2.45, 2.75) is 57.7 Å². The first-order valence-electron chi connectivity index (χ1n) is 11.2. The molecule has 1 saturated carbocycles. The summed E-state index contributed by atoms with van der Waals surface area (Å²) in [5.41, 5.74) is 5.24. The van der Waals surface area contributed by atoms with Crippen LogP contribution >= 0.6 is 0 Å². The van der Waals surface area contributed by atoms with Crippen molar-refractivity contribution in [3.63, 3.8) is 0 Å². The summed E-state index contributed by atoms with van der Waals surface area (Å²) in [6.07, 6.45) is 2.64. The topological polar surface area (TPSA) is 21.7 Å². The van der Waals surface area contributed by atoms with Crippen LogP contribution in [0, 0.1) is 0 Å². The summed E-state index contributed by atoms with van der Waals surface area (Å²) in [6, 6.07) is 28.1. The lowest BCUT2D eigenvalue weighted by Crippen LogP contribution is -2.41. The maximum Gasteiger partial charge on any atom is 0.494 e. The Morgan fingerprint density at radius 3 is 1.68 bits per heavy atom. The molecule has 5 rings (SSSR count). The Hall–Kier alpha value is -2.56. The summed E-state index contributed by atoms with van der Waals surface area (Å²) in [5.74, 6) is 0.762. The van der Waals surface area contributed by atoms with Gasteiger partial charge in [-0.25, -0.2) is 0 Å². The first-order chi connectivity index (χ1) is 14.8. The number of hydrogen-bond donors (Lipinski definition) is 0. The van der Waals surface area contributed by atoms with Crippen molar-refractivity contribution in [3.05, 3.63) is 84.4 Å². The van der Waals surface area contributed by atoms with E-state index in [0.29, 0.717) is 0 Å². The molecular formula is C27H30BNO2. The Labute approximate surface area is 186 Å². The molecule has 1 aliphatic heterocycles. The molecule has 0 atom stereocenters. The third kappa shape index (κ3) is 3.91.